The first-order valence-electron chi connectivity index (χ1n) is 7.04. The van der Waals surface area contributed by atoms with E-state index in [0.29, 0.717) is 0 Å². The van der Waals surface area contributed by atoms with Gasteiger partial charge >= 0.3 is 139 Å². The molecule has 1 radical (unpaired) electrons. The van der Waals surface area contributed by atoms with Gasteiger partial charge in [-0.15, -0.1) is 0 Å². The van der Waals surface area contributed by atoms with Gasteiger partial charge in [-0.05, 0) is 0 Å². The minimum absolute atomic E-state index is 0.983. The molecular formula is C16H20ClOSn2. The molecule has 0 amide bonds. The monoisotopic (exact) mass is 503 g/mol. The standard InChI is InChI=1S/2C6H5.2C2H5.ClH.O.2Sn/c2*1-2-4-6-5-3-1;2*1-2;;;;/h2*1-5H;2*1H2,2H3;1H;;;/q;;;;;;;+1/p-1. The van der Waals surface area contributed by atoms with Crippen molar-refractivity contribution >= 4 is 53.9 Å². The second kappa shape index (κ2) is 8.06. The van der Waals surface area contributed by atoms with Gasteiger partial charge in [0.05, 0.1) is 0 Å². The van der Waals surface area contributed by atoms with Crippen LogP contribution >= 0.6 is 8.92 Å². The van der Waals surface area contributed by atoms with E-state index in [9.17, 15) is 0 Å². The van der Waals surface area contributed by atoms with Crippen molar-refractivity contribution in [2.75, 3.05) is 0 Å². The molecule has 0 aliphatic heterocycles. The molecule has 105 valence electrons. The van der Waals surface area contributed by atoms with Crippen molar-refractivity contribution in [1.29, 1.82) is 0 Å². The summed E-state index contributed by atoms with van der Waals surface area (Å²) in [4.78, 5) is 0. The molecule has 0 aromatic heterocycles. The van der Waals surface area contributed by atoms with Crippen LogP contribution in [-0.2, 0) is 1.41 Å². The Morgan fingerprint density at radius 1 is 0.950 bits per heavy atom. The van der Waals surface area contributed by atoms with Crippen molar-refractivity contribution in [1.82, 2.24) is 0 Å². The molecule has 2 aromatic carbocycles. The molecule has 0 spiro atoms. The van der Waals surface area contributed by atoms with Crippen LogP contribution in [0.2, 0.25) is 8.87 Å². The summed E-state index contributed by atoms with van der Waals surface area (Å²) in [6.07, 6.45) is 0. The molecule has 0 heterocycles. The Balaban J connectivity index is 2.24. The van der Waals surface area contributed by atoms with Crippen molar-refractivity contribution in [3.05, 3.63) is 60.7 Å². The van der Waals surface area contributed by atoms with Crippen LogP contribution in [0.15, 0.2) is 60.7 Å². The van der Waals surface area contributed by atoms with Crippen LogP contribution in [-0.4, -0.2) is 37.8 Å². The van der Waals surface area contributed by atoms with Crippen molar-refractivity contribution in [3.63, 3.8) is 0 Å². The molecule has 2 aromatic rings. The third-order valence-electron chi connectivity index (χ3n) is 3.36. The average Bonchev–Trinajstić information content (AvgIpc) is 2.54. The summed E-state index contributed by atoms with van der Waals surface area (Å²) in [7, 11) is 7.01. The summed E-state index contributed by atoms with van der Waals surface area (Å²) in [6.45, 7) is 4.42. The Labute approximate surface area is 137 Å². The van der Waals surface area contributed by atoms with Gasteiger partial charge in [-0.25, -0.2) is 0 Å². The van der Waals surface area contributed by atoms with Gasteiger partial charge in [0.15, 0.2) is 0 Å². The maximum absolute atomic E-state index is 7.01. The van der Waals surface area contributed by atoms with E-state index in [1.807, 2.05) is 6.07 Å². The normalized spacial score (nSPS) is 14.2. The van der Waals surface area contributed by atoms with Gasteiger partial charge in [-0.3, -0.25) is 0 Å². The van der Waals surface area contributed by atoms with E-state index in [0.717, 1.165) is 8.87 Å². The third-order valence-corrected chi connectivity index (χ3v) is 33.3. The number of benzene rings is 2. The predicted molar refractivity (Wildman–Crippen MR) is 91.6 cm³/mol. The van der Waals surface area contributed by atoms with Gasteiger partial charge in [-0.2, -0.15) is 0 Å². The fourth-order valence-corrected chi connectivity index (χ4v) is 33.3. The molecular weight excluding hydrogens is 481 g/mol. The Hall–Kier alpha value is 0.287. The van der Waals surface area contributed by atoms with E-state index < -0.39 is 37.8 Å². The number of hydrogen-bond acceptors (Lipinski definition) is 1. The summed E-state index contributed by atoms with van der Waals surface area (Å²) >= 11 is -5.20. The van der Waals surface area contributed by atoms with Crippen molar-refractivity contribution < 1.29 is 1.41 Å². The fourth-order valence-electron chi connectivity index (χ4n) is 2.18. The molecule has 0 saturated carbocycles. The number of hydrogen-bond donors (Lipinski definition) is 0. The molecule has 0 aliphatic carbocycles. The van der Waals surface area contributed by atoms with Crippen LogP contribution in [0.1, 0.15) is 13.8 Å². The summed E-state index contributed by atoms with van der Waals surface area (Å²) in [6, 6.07) is 21.2. The molecule has 1 atom stereocenters. The van der Waals surface area contributed by atoms with E-state index in [2.05, 4.69) is 68.4 Å². The van der Waals surface area contributed by atoms with Gasteiger partial charge < -0.3 is 0 Å². The van der Waals surface area contributed by atoms with E-state index in [4.69, 9.17) is 10.3 Å². The van der Waals surface area contributed by atoms with Crippen LogP contribution < -0.4 is 7.16 Å². The van der Waals surface area contributed by atoms with Crippen molar-refractivity contribution in [2.45, 2.75) is 22.7 Å². The van der Waals surface area contributed by atoms with Gasteiger partial charge in [-0.1, -0.05) is 0 Å². The van der Waals surface area contributed by atoms with E-state index in [-0.39, 0.29) is 0 Å². The molecule has 0 saturated heterocycles. The zero-order valence-corrected chi connectivity index (χ0v) is 18.4. The summed E-state index contributed by atoms with van der Waals surface area (Å²) in [5, 5.41) is 0. The van der Waals surface area contributed by atoms with Gasteiger partial charge in [0.1, 0.15) is 0 Å². The minimum atomic E-state index is -3.14. The molecule has 0 aliphatic rings. The molecule has 0 N–H and O–H groups in total. The second-order valence-corrected chi connectivity index (χ2v) is 27.2. The van der Waals surface area contributed by atoms with Crippen molar-refractivity contribution in [3.8, 4) is 0 Å². The number of halogens is 1. The van der Waals surface area contributed by atoms with Crippen LogP contribution in [0.5, 0.6) is 0 Å². The SMILES string of the molecule is C[CH2][Sn]([O][Sn]([Cl])([CH2]C)[c]1ccccc1)[c]1ccccc1. The Kier molecular flexibility index (Phi) is 6.71. The molecule has 2 rings (SSSR count). The van der Waals surface area contributed by atoms with Crippen LogP contribution in [0, 0.1) is 0 Å². The molecule has 0 fully saturated rings. The first-order valence-corrected chi connectivity index (χ1v) is 19.9. The summed E-state index contributed by atoms with van der Waals surface area (Å²) in [5.74, 6) is 0. The van der Waals surface area contributed by atoms with Crippen LogP contribution in [0.3, 0.4) is 0 Å². The first kappa shape index (κ1) is 16.7. The summed E-state index contributed by atoms with van der Waals surface area (Å²) < 4.78 is 11.5. The zero-order valence-electron chi connectivity index (χ0n) is 12.0. The Morgan fingerprint density at radius 2 is 1.50 bits per heavy atom. The molecule has 1 nitrogen and oxygen atoms in total. The quantitative estimate of drug-likeness (QED) is 0.551. The molecule has 20 heavy (non-hydrogen) atoms. The number of rotatable bonds is 6. The first-order chi connectivity index (χ1) is 9.69. The fraction of sp³-hybridized carbons (Fsp3) is 0.250. The Bertz CT molecular complexity index is 521. The third kappa shape index (κ3) is 4.15. The molecule has 1 unspecified atom stereocenters. The average molecular weight is 501 g/mol. The van der Waals surface area contributed by atoms with Gasteiger partial charge in [0, 0.05) is 0 Å². The zero-order chi connectivity index (χ0) is 14.4. The maximum atomic E-state index is 7.01. The van der Waals surface area contributed by atoms with E-state index in [1.54, 1.807) is 0 Å². The molecule has 4 heteroatoms. The molecule has 0 bridgehead atoms. The van der Waals surface area contributed by atoms with Gasteiger partial charge in [0.25, 0.3) is 0 Å². The predicted octanol–water partition coefficient (Wildman–Crippen LogP) is 3.53. The Morgan fingerprint density at radius 3 is 2.00 bits per heavy atom. The van der Waals surface area contributed by atoms with E-state index in [1.165, 1.54) is 7.16 Å². The van der Waals surface area contributed by atoms with Crippen LogP contribution in [0.4, 0.5) is 0 Å². The second-order valence-electron chi connectivity index (χ2n) is 4.69. The van der Waals surface area contributed by atoms with E-state index >= 15 is 0 Å². The van der Waals surface area contributed by atoms with Crippen LogP contribution in [0.25, 0.3) is 0 Å². The summed E-state index contributed by atoms with van der Waals surface area (Å²) in [5.41, 5.74) is 0. The topological polar surface area (TPSA) is 9.23 Å². The van der Waals surface area contributed by atoms with Gasteiger partial charge in [0.2, 0.25) is 0 Å². The van der Waals surface area contributed by atoms with Crippen molar-refractivity contribution in [2.24, 2.45) is 0 Å².